The van der Waals surface area contributed by atoms with E-state index in [9.17, 15) is 28.3 Å². The van der Waals surface area contributed by atoms with Crippen LogP contribution in [0.3, 0.4) is 0 Å². The summed E-state index contributed by atoms with van der Waals surface area (Å²) in [5, 5.41) is 12.6. The van der Waals surface area contributed by atoms with E-state index >= 15 is 0 Å². The molecular formula is C21H25F2N3O5. The second-order valence-corrected chi connectivity index (χ2v) is 7.18. The predicted molar refractivity (Wildman–Crippen MR) is 109 cm³/mol. The smallest absolute Gasteiger partial charge is 0.274 e. The highest BCUT2D eigenvalue weighted by Crippen LogP contribution is 2.21. The van der Waals surface area contributed by atoms with Crippen LogP contribution in [0.4, 0.5) is 8.78 Å². The number of aromatic nitrogens is 1. The highest BCUT2D eigenvalue weighted by molar-refractivity contribution is 5.99. The summed E-state index contributed by atoms with van der Waals surface area (Å²) >= 11 is 0. The fourth-order valence-corrected chi connectivity index (χ4v) is 3.09. The molecule has 0 spiro atoms. The van der Waals surface area contributed by atoms with E-state index in [1.54, 1.807) is 14.2 Å². The van der Waals surface area contributed by atoms with Crippen molar-refractivity contribution in [3.05, 3.63) is 63.1 Å². The van der Waals surface area contributed by atoms with Gasteiger partial charge in [-0.1, -0.05) is 6.07 Å². The number of pyridine rings is 1. The number of hydrogen-bond acceptors (Lipinski definition) is 5. The van der Waals surface area contributed by atoms with Crippen molar-refractivity contribution in [1.29, 1.82) is 0 Å². The number of carbonyl (C=O) groups is 2. The number of nitrogens with zero attached hydrogens (tertiary/aromatic N) is 2. The fourth-order valence-electron chi connectivity index (χ4n) is 3.09. The van der Waals surface area contributed by atoms with Gasteiger partial charge in [-0.25, -0.2) is 8.78 Å². The molecule has 3 rings (SSSR count). The predicted octanol–water partition coefficient (Wildman–Crippen LogP) is 1.89. The minimum Gasteiger partial charge on any atom is -0.503 e. The van der Waals surface area contributed by atoms with Gasteiger partial charge in [0.1, 0.15) is 17.2 Å². The summed E-state index contributed by atoms with van der Waals surface area (Å²) in [6.07, 6.45) is 1.21. The van der Waals surface area contributed by atoms with Gasteiger partial charge in [-0.05, 0) is 19.9 Å². The first-order valence-electron chi connectivity index (χ1n) is 9.52. The summed E-state index contributed by atoms with van der Waals surface area (Å²) in [5.41, 5.74) is -1.47. The van der Waals surface area contributed by atoms with Crippen molar-refractivity contribution in [1.82, 2.24) is 14.8 Å². The number of carbonyl (C=O) groups excluding carboxylic acids is 2. The van der Waals surface area contributed by atoms with Gasteiger partial charge in [-0.15, -0.1) is 0 Å². The monoisotopic (exact) mass is 437 g/mol. The van der Waals surface area contributed by atoms with Crippen LogP contribution in [-0.2, 0) is 17.8 Å². The number of hydrogen-bond donors (Lipinski definition) is 2. The number of rotatable bonds is 4. The van der Waals surface area contributed by atoms with Gasteiger partial charge in [0.25, 0.3) is 11.8 Å². The summed E-state index contributed by atoms with van der Waals surface area (Å²) in [5.74, 6) is -3.69. The van der Waals surface area contributed by atoms with Crippen molar-refractivity contribution in [2.75, 3.05) is 20.8 Å². The lowest BCUT2D eigenvalue weighted by atomic mass is 10.1. The third-order valence-electron chi connectivity index (χ3n) is 4.62. The van der Waals surface area contributed by atoms with E-state index < -0.39 is 34.6 Å². The molecule has 0 radical (unpaired) electrons. The van der Waals surface area contributed by atoms with Crippen LogP contribution in [0.1, 0.15) is 40.3 Å². The molecule has 2 N–H and O–H groups in total. The second-order valence-electron chi connectivity index (χ2n) is 7.18. The summed E-state index contributed by atoms with van der Waals surface area (Å²) in [6, 6.07) is 2.81. The van der Waals surface area contributed by atoms with Crippen molar-refractivity contribution in [2.24, 2.45) is 0 Å². The Hall–Kier alpha value is -3.27. The summed E-state index contributed by atoms with van der Waals surface area (Å²) in [7, 11) is 3.25. The van der Waals surface area contributed by atoms with E-state index in [-0.39, 0.29) is 29.4 Å². The summed E-state index contributed by atoms with van der Waals surface area (Å²) < 4.78 is 32.2. The number of fused-ring (bicyclic) bond motifs is 1. The average Bonchev–Trinajstić information content (AvgIpc) is 2.70. The molecule has 31 heavy (non-hydrogen) atoms. The van der Waals surface area contributed by atoms with Crippen molar-refractivity contribution in [2.45, 2.75) is 33.0 Å². The lowest BCUT2D eigenvalue weighted by Crippen LogP contribution is -2.45. The van der Waals surface area contributed by atoms with Crippen LogP contribution >= 0.6 is 0 Å². The second kappa shape index (κ2) is 10.2. The molecule has 10 heteroatoms. The Morgan fingerprint density at radius 2 is 1.87 bits per heavy atom. The topological polar surface area (TPSA) is 101 Å². The van der Waals surface area contributed by atoms with Crippen LogP contribution in [0.2, 0.25) is 0 Å². The first-order valence-corrected chi connectivity index (χ1v) is 9.52. The number of aromatic hydroxyl groups is 1. The molecule has 1 aromatic carbocycles. The first kappa shape index (κ1) is 24.0. The number of ether oxygens (including phenoxy) is 1. The number of nitrogens with one attached hydrogen (secondary N) is 1. The third kappa shape index (κ3) is 5.26. The maximum absolute atomic E-state index is 13.7. The third-order valence-corrected chi connectivity index (χ3v) is 4.62. The molecule has 0 aliphatic carbocycles. The fraction of sp³-hybridized carbons (Fsp3) is 0.381. The van der Waals surface area contributed by atoms with Gasteiger partial charge in [-0.3, -0.25) is 14.4 Å². The molecule has 0 atom stereocenters. The molecule has 0 fully saturated rings. The molecule has 0 unspecified atom stereocenters. The van der Waals surface area contributed by atoms with Crippen LogP contribution in [0.25, 0.3) is 0 Å². The quantitative estimate of drug-likeness (QED) is 0.761. The molecule has 0 saturated heterocycles. The average molecular weight is 437 g/mol. The zero-order valence-electron chi connectivity index (χ0n) is 17.7. The molecule has 2 amide bonds. The minimum absolute atomic E-state index is 0.0415. The molecule has 8 nitrogen and oxygen atoms in total. The van der Waals surface area contributed by atoms with E-state index in [0.29, 0.717) is 19.2 Å². The van der Waals surface area contributed by atoms with Gasteiger partial charge >= 0.3 is 0 Å². The summed E-state index contributed by atoms with van der Waals surface area (Å²) in [4.78, 5) is 38.8. The van der Waals surface area contributed by atoms with E-state index in [2.05, 4.69) is 10.1 Å². The molecule has 168 valence electrons. The molecule has 0 saturated carbocycles. The Morgan fingerprint density at radius 3 is 2.45 bits per heavy atom. The number of halogens is 2. The Bertz CT molecular complexity index is 1040. The van der Waals surface area contributed by atoms with Crippen molar-refractivity contribution >= 4 is 11.8 Å². The van der Waals surface area contributed by atoms with E-state index in [0.717, 1.165) is 6.07 Å². The normalized spacial score (nSPS) is 12.9. The van der Waals surface area contributed by atoms with Gasteiger partial charge in [0.15, 0.2) is 11.4 Å². The highest BCUT2D eigenvalue weighted by atomic mass is 19.1. The van der Waals surface area contributed by atoms with Gasteiger partial charge in [-0.2, -0.15) is 0 Å². The lowest BCUT2D eigenvalue weighted by molar-refractivity contribution is 0.0640. The van der Waals surface area contributed by atoms with Crippen LogP contribution in [0.15, 0.2) is 29.2 Å². The zero-order valence-corrected chi connectivity index (χ0v) is 17.7. The Balaban J connectivity index is 0.00000107. The van der Waals surface area contributed by atoms with Crippen LogP contribution < -0.4 is 10.7 Å². The Kier molecular flexibility index (Phi) is 7.87. The van der Waals surface area contributed by atoms with E-state index in [1.807, 2.05) is 13.8 Å². The van der Waals surface area contributed by atoms with Gasteiger partial charge in [0.05, 0.1) is 0 Å². The lowest BCUT2D eigenvalue weighted by Gasteiger charge is -2.33. The number of methoxy groups -OCH3 is 1. The van der Waals surface area contributed by atoms with Crippen LogP contribution in [-0.4, -0.2) is 53.2 Å². The summed E-state index contributed by atoms with van der Waals surface area (Å²) in [6.45, 7) is 4.04. The largest absolute Gasteiger partial charge is 0.503 e. The highest BCUT2D eigenvalue weighted by Gasteiger charge is 2.31. The van der Waals surface area contributed by atoms with Gasteiger partial charge < -0.3 is 24.6 Å². The van der Waals surface area contributed by atoms with Gasteiger partial charge in [0.2, 0.25) is 5.43 Å². The van der Waals surface area contributed by atoms with Crippen molar-refractivity contribution in [3.8, 4) is 5.75 Å². The SMILES string of the molecule is CC(C)N1CCn2cc(C(=O)NCc3ccc(F)cc3F)c(=O)c(O)c2C1=O.COC. The molecule has 0 bridgehead atoms. The maximum Gasteiger partial charge on any atom is 0.274 e. The molecule has 1 aliphatic heterocycles. The van der Waals surface area contributed by atoms with Crippen LogP contribution in [0.5, 0.6) is 5.75 Å². The van der Waals surface area contributed by atoms with E-state index in [4.69, 9.17) is 0 Å². The van der Waals surface area contributed by atoms with Crippen molar-refractivity contribution in [3.63, 3.8) is 0 Å². The molecule has 1 aromatic heterocycles. The van der Waals surface area contributed by atoms with Crippen LogP contribution in [0, 0.1) is 11.6 Å². The molecule has 2 aromatic rings. The van der Waals surface area contributed by atoms with E-state index in [1.165, 1.54) is 21.7 Å². The first-order chi connectivity index (χ1) is 14.6. The molecule has 2 heterocycles. The zero-order chi connectivity index (χ0) is 23.3. The van der Waals surface area contributed by atoms with Crippen molar-refractivity contribution < 1.29 is 28.2 Å². The van der Waals surface area contributed by atoms with Gasteiger partial charge in [0, 0.05) is 57.7 Å². The molecule has 1 aliphatic rings. The number of amides is 2. The number of benzene rings is 1. The Morgan fingerprint density at radius 1 is 1.23 bits per heavy atom. The molecular weight excluding hydrogens is 412 g/mol. The minimum atomic E-state index is -0.984. The Labute approximate surface area is 178 Å². The standard InChI is InChI=1S/C19H19F2N3O4.C2H6O/c1-10(2)24-6-5-23-9-13(16(25)17(26)15(23)19(24)28)18(27)22-8-11-3-4-12(20)7-14(11)21;1-3-2/h3-4,7,9-10,26H,5-6,8H2,1-2H3,(H,22,27);1-2H3. The maximum atomic E-state index is 13.7.